The first-order valence-corrected chi connectivity index (χ1v) is 7.40. The molecule has 0 bridgehead atoms. The number of hydrogen-bond acceptors (Lipinski definition) is 1. The zero-order valence-electron chi connectivity index (χ0n) is 11.7. The fourth-order valence-corrected chi connectivity index (χ4v) is 2.48. The Hall–Kier alpha value is -1.12. The normalized spacial score (nSPS) is 12.7. The maximum Gasteiger partial charge on any atom is 0.0552 e. The van der Waals surface area contributed by atoms with Crippen LogP contribution < -0.4 is 5.73 Å². The van der Waals surface area contributed by atoms with Gasteiger partial charge in [0.25, 0.3) is 0 Å². The van der Waals surface area contributed by atoms with Crippen molar-refractivity contribution in [2.24, 2.45) is 5.73 Å². The Balaban J connectivity index is 2.27. The van der Waals surface area contributed by atoms with Crippen LogP contribution in [-0.2, 0) is 0 Å². The lowest BCUT2D eigenvalue weighted by atomic mass is 9.95. The molecule has 0 aliphatic rings. The minimum atomic E-state index is -0.0712. The van der Waals surface area contributed by atoms with Crippen molar-refractivity contribution in [3.63, 3.8) is 0 Å². The molecule has 0 fully saturated rings. The van der Waals surface area contributed by atoms with Gasteiger partial charge in [-0.3, -0.25) is 0 Å². The molecule has 0 aromatic heterocycles. The van der Waals surface area contributed by atoms with Gasteiger partial charge in [-0.1, -0.05) is 66.2 Å². The van der Waals surface area contributed by atoms with Gasteiger partial charge >= 0.3 is 0 Å². The van der Waals surface area contributed by atoms with E-state index in [1.807, 2.05) is 0 Å². The van der Waals surface area contributed by atoms with Gasteiger partial charge in [0.15, 0.2) is 0 Å². The maximum absolute atomic E-state index is 6.34. The van der Waals surface area contributed by atoms with E-state index >= 15 is 0 Å². The maximum atomic E-state index is 6.34. The quantitative estimate of drug-likeness (QED) is 0.853. The Kier molecular flexibility index (Phi) is 4.43. The van der Waals surface area contributed by atoms with Crippen LogP contribution in [0.1, 0.15) is 48.1 Å². The Morgan fingerprint density at radius 3 is 1.95 bits per heavy atom. The van der Waals surface area contributed by atoms with E-state index in [-0.39, 0.29) is 6.04 Å². The van der Waals surface area contributed by atoms with Crippen molar-refractivity contribution in [1.82, 2.24) is 0 Å². The molecule has 2 aromatic carbocycles. The zero-order valence-corrected chi connectivity index (χ0v) is 13.2. The summed E-state index contributed by atoms with van der Waals surface area (Å²) in [5, 5.41) is 0. The van der Waals surface area contributed by atoms with Crippen LogP contribution in [0, 0.1) is 6.92 Å². The molecule has 0 saturated carbocycles. The molecule has 2 heteroatoms. The third-order valence-corrected chi connectivity index (χ3v) is 4.37. The lowest BCUT2D eigenvalue weighted by Crippen LogP contribution is -2.12. The molecular weight excluding hydrogens is 298 g/mol. The largest absolute Gasteiger partial charge is 0.320 e. The molecule has 2 aromatic rings. The first kappa shape index (κ1) is 14.3. The van der Waals surface area contributed by atoms with Crippen LogP contribution in [0.15, 0.2) is 46.9 Å². The Labute approximate surface area is 124 Å². The van der Waals surface area contributed by atoms with E-state index in [0.29, 0.717) is 5.92 Å². The molecule has 2 rings (SSSR count). The Bertz CT molecular complexity index is 558. The molecule has 0 radical (unpaired) electrons. The Morgan fingerprint density at radius 1 is 0.895 bits per heavy atom. The predicted molar refractivity (Wildman–Crippen MR) is 85.4 cm³/mol. The average molecular weight is 318 g/mol. The van der Waals surface area contributed by atoms with Gasteiger partial charge in [-0.15, -0.1) is 0 Å². The van der Waals surface area contributed by atoms with E-state index in [1.165, 1.54) is 11.1 Å². The van der Waals surface area contributed by atoms with E-state index < -0.39 is 0 Å². The smallest absolute Gasteiger partial charge is 0.0552 e. The molecule has 1 atom stereocenters. The number of halogens is 1. The second kappa shape index (κ2) is 5.89. The molecule has 0 saturated heterocycles. The highest BCUT2D eigenvalue weighted by molar-refractivity contribution is 9.10. The zero-order chi connectivity index (χ0) is 14.0. The SMILES string of the molecule is Cc1ccc(C(N)c2ccc(C(C)C)cc2)cc1Br. The summed E-state index contributed by atoms with van der Waals surface area (Å²) in [6, 6.07) is 14.8. The summed E-state index contributed by atoms with van der Waals surface area (Å²) in [4.78, 5) is 0. The van der Waals surface area contributed by atoms with E-state index in [0.717, 1.165) is 15.6 Å². The number of aryl methyl sites for hydroxylation is 1. The van der Waals surface area contributed by atoms with Crippen molar-refractivity contribution in [3.05, 3.63) is 69.2 Å². The lowest BCUT2D eigenvalue weighted by molar-refractivity contribution is 0.847. The lowest BCUT2D eigenvalue weighted by Gasteiger charge is -2.15. The van der Waals surface area contributed by atoms with Crippen molar-refractivity contribution >= 4 is 15.9 Å². The molecule has 1 nitrogen and oxygen atoms in total. The molecule has 0 aliphatic carbocycles. The topological polar surface area (TPSA) is 26.0 Å². The summed E-state index contributed by atoms with van der Waals surface area (Å²) in [5.74, 6) is 0.554. The van der Waals surface area contributed by atoms with Gasteiger partial charge < -0.3 is 5.73 Å². The Morgan fingerprint density at radius 2 is 1.42 bits per heavy atom. The third-order valence-electron chi connectivity index (χ3n) is 3.52. The van der Waals surface area contributed by atoms with E-state index in [1.54, 1.807) is 0 Å². The van der Waals surface area contributed by atoms with Gasteiger partial charge in [-0.05, 0) is 41.2 Å². The van der Waals surface area contributed by atoms with E-state index in [4.69, 9.17) is 5.73 Å². The number of benzene rings is 2. The van der Waals surface area contributed by atoms with Crippen molar-refractivity contribution in [3.8, 4) is 0 Å². The molecule has 19 heavy (non-hydrogen) atoms. The standard InChI is InChI=1S/C17H20BrN/c1-11(2)13-6-8-14(9-7-13)17(19)15-5-4-12(3)16(18)10-15/h4-11,17H,19H2,1-3H3. The van der Waals surface area contributed by atoms with E-state index in [9.17, 15) is 0 Å². The van der Waals surface area contributed by atoms with Crippen LogP contribution in [0.3, 0.4) is 0 Å². The first-order chi connectivity index (χ1) is 8.99. The number of nitrogens with two attached hydrogens (primary N) is 1. The van der Waals surface area contributed by atoms with Gasteiger partial charge in [0.2, 0.25) is 0 Å². The summed E-state index contributed by atoms with van der Waals surface area (Å²) < 4.78 is 1.11. The second-order valence-corrected chi connectivity index (χ2v) is 6.16. The van der Waals surface area contributed by atoms with Crippen molar-refractivity contribution < 1.29 is 0 Å². The number of hydrogen-bond donors (Lipinski definition) is 1. The molecule has 1 unspecified atom stereocenters. The van der Waals surface area contributed by atoms with Crippen molar-refractivity contribution in [2.75, 3.05) is 0 Å². The minimum absolute atomic E-state index is 0.0712. The fraction of sp³-hybridized carbons (Fsp3) is 0.294. The molecule has 100 valence electrons. The van der Waals surface area contributed by atoms with Gasteiger partial charge in [0.1, 0.15) is 0 Å². The average Bonchev–Trinajstić information content (AvgIpc) is 2.41. The second-order valence-electron chi connectivity index (χ2n) is 5.31. The summed E-state index contributed by atoms with van der Waals surface area (Å²) in [5.41, 5.74) is 11.2. The number of rotatable bonds is 3. The van der Waals surface area contributed by atoms with Gasteiger partial charge in [0, 0.05) is 4.47 Å². The minimum Gasteiger partial charge on any atom is -0.320 e. The highest BCUT2D eigenvalue weighted by Crippen LogP contribution is 2.26. The van der Waals surface area contributed by atoms with Gasteiger partial charge in [-0.25, -0.2) is 0 Å². The van der Waals surface area contributed by atoms with Crippen LogP contribution in [0.4, 0.5) is 0 Å². The predicted octanol–water partition coefficient (Wildman–Crippen LogP) is 4.93. The van der Waals surface area contributed by atoms with Crippen molar-refractivity contribution in [1.29, 1.82) is 0 Å². The molecule has 2 N–H and O–H groups in total. The summed E-state index contributed by atoms with van der Waals surface area (Å²) in [7, 11) is 0. The molecular formula is C17H20BrN. The van der Waals surface area contributed by atoms with Crippen LogP contribution in [0.5, 0.6) is 0 Å². The van der Waals surface area contributed by atoms with Gasteiger partial charge in [0.05, 0.1) is 6.04 Å². The molecule has 0 aliphatic heterocycles. The summed E-state index contributed by atoms with van der Waals surface area (Å²) in [6.45, 7) is 6.48. The van der Waals surface area contributed by atoms with Gasteiger partial charge in [-0.2, -0.15) is 0 Å². The van der Waals surface area contributed by atoms with Crippen molar-refractivity contribution in [2.45, 2.75) is 32.7 Å². The van der Waals surface area contributed by atoms with Crippen LogP contribution in [-0.4, -0.2) is 0 Å². The summed E-state index contributed by atoms with van der Waals surface area (Å²) in [6.07, 6.45) is 0. The fourth-order valence-electron chi connectivity index (χ4n) is 2.08. The van der Waals surface area contributed by atoms with Crippen LogP contribution in [0.2, 0.25) is 0 Å². The third kappa shape index (κ3) is 3.26. The summed E-state index contributed by atoms with van der Waals surface area (Å²) >= 11 is 3.56. The monoisotopic (exact) mass is 317 g/mol. The molecule has 0 heterocycles. The van der Waals surface area contributed by atoms with Crippen LogP contribution in [0.25, 0.3) is 0 Å². The van der Waals surface area contributed by atoms with Crippen LogP contribution >= 0.6 is 15.9 Å². The highest BCUT2D eigenvalue weighted by Gasteiger charge is 2.10. The first-order valence-electron chi connectivity index (χ1n) is 6.60. The molecule has 0 spiro atoms. The van der Waals surface area contributed by atoms with E-state index in [2.05, 4.69) is 79.2 Å². The highest BCUT2D eigenvalue weighted by atomic mass is 79.9. The molecule has 0 amide bonds.